The molecular formula is C21H19F3N2O2S. The third-order valence-corrected chi connectivity index (χ3v) is 5.79. The van der Waals surface area contributed by atoms with Crippen LogP contribution in [0.15, 0.2) is 77.7 Å². The first kappa shape index (κ1) is 20.9. The van der Waals surface area contributed by atoms with E-state index >= 15 is 0 Å². The lowest BCUT2D eigenvalue weighted by atomic mass is 10.0. The Hall–Kier alpha value is -2.84. The minimum absolute atomic E-state index is 0.163. The van der Waals surface area contributed by atoms with Crippen LogP contribution in [0.3, 0.4) is 0 Å². The molecule has 3 aromatic rings. The molecule has 0 radical (unpaired) electrons. The van der Waals surface area contributed by atoms with Gasteiger partial charge in [0, 0.05) is 23.5 Å². The van der Waals surface area contributed by atoms with Crippen molar-refractivity contribution in [3.63, 3.8) is 0 Å². The minimum Gasteiger partial charge on any atom is -0.355 e. The number of hydrogen-bond donors (Lipinski definition) is 2. The van der Waals surface area contributed by atoms with Gasteiger partial charge in [-0.25, -0.2) is 13.1 Å². The van der Waals surface area contributed by atoms with E-state index in [0.29, 0.717) is 17.9 Å². The molecule has 0 heterocycles. The molecule has 0 aliphatic heterocycles. The molecule has 3 aromatic carbocycles. The van der Waals surface area contributed by atoms with Crippen LogP contribution in [0.1, 0.15) is 12.5 Å². The van der Waals surface area contributed by atoms with Crippen molar-refractivity contribution in [2.24, 2.45) is 0 Å². The van der Waals surface area contributed by atoms with Gasteiger partial charge < -0.3 is 5.32 Å². The number of rotatable bonds is 6. The highest BCUT2D eigenvalue weighted by atomic mass is 32.2. The maximum atomic E-state index is 12.7. The Labute approximate surface area is 167 Å². The summed E-state index contributed by atoms with van der Waals surface area (Å²) in [5.74, 6) is 0. The van der Waals surface area contributed by atoms with Crippen LogP contribution in [0.4, 0.5) is 24.5 Å². The SMILES string of the molecule is CCNS(=O)(=O)c1ccc(-c2ccccc2Nc2ccc(C(F)(F)F)cc2)cc1. The number of alkyl halides is 3. The van der Waals surface area contributed by atoms with Gasteiger partial charge in [0.05, 0.1) is 10.5 Å². The molecule has 2 N–H and O–H groups in total. The summed E-state index contributed by atoms with van der Waals surface area (Å²) in [5, 5.41) is 3.12. The van der Waals surface area contributed by atoms with E-state index in [2.05, 4.69) is 10.0 Å². The van der Waals surface area contributed by atoms with Gasteiger partial charge in [-0.15, -0.1) is 0 Å². The highest BCUT2D eigenvalue weighted by Gasteiger charge is 2.29. The Morgan fingerprint density at radius 1 is 0.862 bits per heavy atom. The average molecular weight is 420 g/mol. The van der Waals surface area contributed by atoms with Gasteiger partial charge >= 0.3 is 6.18 Å². The summed E-state index contributed by atoms with van der Waals surface area (Å²) in [5.41, 5.74) is 2.05. The Morgan fingerprint density at radius 3 is 2.07 bits per heavy atom. The molecule has 29 heavy (non-hydrogen) atoms. The van der Waals surface area contributed by atoms with Gasteiger partial charge in [-0.2, -0.15) is 13.2 Å². The summed E-state index contributed by atoms with van der Waals surface area (Å²) in [4.78, 5) is 0.163. The Kier molecular flexibility index (Phi) is 5.95. The average Bonchev–Trinajstić information content (AvgIpc) is 2.68. The molecule has 0 spiro atoms. The van der Waals surface area contributed by atoms with Gasteiger partial charge in [0.1, 0.15) is 0 Å². The molecule has 0 aromatic heterocycles. The number of sulfonamides is 1. The molecule has 0 fully saturated rings. The monoisotopic (exact) mass is 420 g/mol. The predicted octanol–water partition coefficient (Wildman–Crippen LogP) is 5.41. The number of benzene rings is 3. The molecule has 8 heteroatoms. The summed E-state index contributed by atoms with van der Waals surface area (Å²) in [6, 6.07) is 18.5. The molecular weight excluding hydrogens is 401 g/mol. The van der Waals surface area contributed by atoms with E-state index in [4.69, 9.17) is 0 Å². The van der Waals surface area contributed by atoms with Gasteiger partial charge in [-0.1, -0.05) is 37.3 Å². The highest BCUT2D eigenvalue weighted by Crippen LogP contribution is 2.33. The lowest BCUT2D eigenvalue weighted by molar-refractivity contribution is -0.137. The van der Waals surface area contributed by atoms with Crippen LogP contribution < -0.4 is 10.0 Å². The Bertz CT molecular complexity index is 1080. The zero-order valence-electron chi connectivity index (χ0n) is 15.5. The van der Waals surface area contributed by atoms with Crippen LogP contribution in [0.5, 0.6) is 0 Å². The smallest absolute Gasteiger partial charge is 0.355 e. The van der Waals surface area contributed by atoms with Crippen molar-refractivity contribution in [1.82, 2.24) is 4.72 Å². The van der Waals surface area contributed by atoms with E-state index in [9.17, 15) is 21.6 Å². The fourth-order valence-electron chi connectivity index (χ4n) is 2.83. The topological polar surface area (TPSA) is 58.2 Å². The van der Waals surface area contributed by atoms with Crippen LogP contribution in [0.2, 0.25) is 0 Å². The van der Waals surface area contributed by atoms with Crippen LogP contribution in [0.25, 0.3) is 11.1 Å². The van der Waals surface area contributed by atoms with E-state index in [-0.39, 0.29) is 4.90 Å². The van der Waals surface area contributed by atoms with E-state index in [0.717, 1.165) is 23.3 Å². The second-order valence-corrected chi connectivity index (χ2v) is 8.04. The summed E-state index contributed by atoms with van der Waals surface area (Å²) < 4.78 is 64.8. The number of halogens is 3. The molecule has 0 unspecified atom stereocenters. The lowest BCUT2D eigenvalue weighted by Gasteiger charge is -2.14. The summed E-state index contributed by atoms with van der Waals surface area (Å²) >= 11 is 0. The quantitative estimate of drug-likeness (QED) is 0.560. The molecule has 4 nitrogen and oxygen atoms in total. The Morgan fingerprint density at radius 2 is 1.48 bits per heavy atom. The van der Waals surface area contributed by atoms with Crippen LogP contribution in [-0.4, -0.2) is 15.0 Å². The molecule has 0 saturated heterocycles. The summed E-state index contributed by atoms with van der Waals surface area (Å²) in [7, 11) is -3.54. The van der Waals surface area contributed by atoms with Crippen LogP contribution >= 0.6 is 0 Å². The van der Waals surface area contributed by atoms with E-state index in [1.807, 2.05) is 12.1 Å². The minimum atomic E-state index is -4.38. The summed E-state index contributed by atoms with van der Waals surface area (Å²) in [6.07, 6.45) is -4.38. The predicted molar refractivity (Wildman–Crippen MR) is 107 cm³/mol. The maximum Gasteiger partial charge on any atom is 0.416 e. The molecule has 0 amide bonds. The van der Waals surface area contributed by atoms with Gasteiger partial charge in [-0.05, 0) is 48.0 Å². The normalized spacial score (nSPS) is 12.0. The lowest BCUT2D eigenvalue weighted by Crippen LogP contribution is -2.22. The first-order valence-corrected chi connectivity index (χ1v) is 10.3. The van der Waals surface area contributed by atoms with Gasteiger partial charge in [0.2, 0.25) is 10.0 Å². The molecule has 0 saturated carbocycles. The summed E-state index contributed by atoms with van der Waals surface area (Å²) in [6.45, 7) is 2.00. The zero-order valence-corrected chi connectivity index (χ0v) is 16.3. The number of hydrogen-bond acceptors (Lipinski definition) is 3. The standard InChI is InChI=1S/C21H19F3N2O2S/c1-2-25-29(27,28)18-13-7-15(8-14-18)19-5-3-4-6-20(19)26-17-11-9-16(10-12-17)21(22,23)24/h3-14,25-26H,2H2,1H3. The first-order valence-electron chi connectivity index (χ1n) is 8.84. The second kappa shape index (κ2) is 8.26. The molecule has 0 aliphatic rings. The van der Waals surface area contributed by atoms with Crippen molar-refractivity contribution in [2.45, 2.75) is 18.0 Å². The fraction of sp³-hybridized carbons (Fsp3) is 0.143. The van der Waals surface area contributed by atoms with Gasteiger partial charge in [0.25, 0.3) is 0 Å². The largest absolute Gasteiger partial charge is 0.416 e. The van der Waals surface area contributed by atoms with Crippen molar-refractivity contribution >= 4 is 21.4 Å². The van der Waals surface area contributed by atoms with Crippen LogP contribution in [0, 0.1) is 0 Å². The third kappa shape index (κ3) is 4.96. The van der Waals surface area contributed by atoms with Crippen molar-refractivity contribution in [3.8, 4) is 11.1 Å². The van der Waals surface area contributed by atoms with Crippen molar-refractivity contribution in [2.75, 3.05) is 11.9 Å². The molecule has 0 bridgehead atoms. The van der Waals surface area contributed by atoms with Crippen molar-refractivity contribution < 1.29 is 21.6 Å². The maximum absolute atomic E-state index is 12.7. The zero-order chi connectivity index (χ0) is 21.1. The van der Waals surface area contributed by atoms with E-state index < -0.39 is 21.8 Å². The fourth-order valence-corrected chi connectivity index (χ4v) is 3.87. The van der Waals surface area contributed by atoms with E-state index in [1.54, 1.807) is 31.2 Å². The molecule has 0 atom stereocenters. The van der Waals surface area contributed by atoms with Crippen LogP contribution in [-0.2, 0) is 16.2 Å². The number of nitrogens with one attached hydrogen (secondary N) is 2. The number of anilines is 2. The Balaban J connectivity index is 1.88. The third-order valence-electron chi connectivity index (χ3n) is 4.23. The second-order valence-electron chi connectivity index (χ2n) is 6.27. The molecule has 152 valence electrons. The molecule has 0 aliphatic carbocycles. The van der Waals surface area contributed by atoms with Crippen molar-refractivity contribution in [3.05, 3.63) is 78.4 Å². The molecule has 3 rings (SSSR count). The number of para-hydroxylation sites is 1. The highest BCUT2D eigenvalue weighted by molar-refractivity contribution is 7.89. The van der Waals surface area contributed by atoms with E-state index in [1.165, 1.54) is 24.3 Å². The van der Waals surface area contributed by atoms with Gasteiger partial charge in [-0.3, -0.25) is 0 Å². The van der Waals surface area contributed by atoms with Gasteiger partial charge in [0.15, 0.2) is 0 Å². The first-order chi connectivity index (χ1) is 13.7. The van der Waals surface area contributed by atoms with Crippen molar-refractivity contribution in [1.29, 1.82) is 0 Å².